The minimum Gasteiger partial charge on any atom is -0.497 e. The molecule has 0 aromatic heterocycles. The van der Waals surface area contributed by atoms with E-state index in [9.17, 15) is 5.11 Å². The van der Waals surface area contributed by atoms with Gasteiger partial charge in [0, 0.05) is 18.7 Å². The summed E-state index contributed by atoms with van der Waals surface area (Å²) in [6.07, 6.45) is -0.717. The van der Waals surface area contributed by atoms with Gasteiger partial charge in [-0.05, 0) is 35.9 Å². The molecule has 6 nitrogen and oxygen atoms in total. The first-order chi connectivity index (χ1) is 12.1. The van der Waals surface area contributed by atoms with Crippen molar-refractivity contribution in [2.24, 2.45) is 0 Å². The van der Waals surface area contributed by atoms with Crippen molar-refractivity contribution in [3.63, 3.8) is 0 Å². The predicted molar refractivity (Wildman–Crippen MR) is 95.8 cm³/mol. The normalized spacial score (nSPS) is 11.7. The minimum absolute atomic E-state index is 0.373. The summed E-state index contributed by atoms with van der Waals surface area (Å²) in [6, 6.07) is 11.1. The number of aliphatic hydroxyl groups excluding tert-OH is 1. The smallest absolute Gasteiger partial charge is 0.161 e. The van der Waals surface area contributed by atoms with Gasteiger partial charge < -0.3 is 29.4 Å². The Labute approximate surface area is 148 Å². The zero-order valence-corrected chi connectivity index (χ0v) is 15.0. The Morgan fingerprint density at radius 2 is 1.52 bits per heavy atom. The predicted octanol–water partition coefficient (Wildman–Crippen LogP) is 2.54. The van der Waals surface area contributed by atoms with Crippen molar-refractivity contribution in [3.8, 4) is 23.0 Å². The van der Waals surface area contributed by atoms with Crippen LogP contribution in [0.3, 0.4) is 0 Å². The lowest BCUT2D eigenvalue weighted by Crippen LogP contribution is -2.21. The van der Waals surface area contributed by atoms with Crippen molar-refractivity contribution in [1.29, 1.82) is 0 Å². The number of ether oxygens (including phenoxy) is 4. The highest BCUT2D eigenvalue weighted by atomic mass is 16.5. The van der Waals surface area contributed by atoms with Crippen LogP contribution in [0.2, 0.25) is 0 Å². The minimum atomic E-state index is -0.717. The van der Waals surface area contributed by atoms with Crippen LogP contribution in [-0.4, -0.2) is 40.1 Å². The summed E-state index contributed by atoms with van der Waals surface area (Å²) >= 11 is 0. The first kappa shape index (κ1) is 18.9. The Morgan fingerprint density at radius 1 is 0.840 bits per heavy atom. The van der Waals surface area contributed by atoms with E-state index in [0.717, 1.165) is 5.56 Å². The van der Waals surface area contributed by atoms with Gasteiger partial charge in [-0.15, -0.1) is 0 Å². The number of aliphatic hydroxyl groups is 1. The van der Waals surface area contributed by atoms with Crippen LogP contribution >= 0.6 is 0 Å². The van der Waals surface area contributed by atoms with Crippen LogP contribution in [0.25, 0.3) is 0 Å². The maximum Gasteiger partial charge on any atom is 0.161 e. The van der Waals surface area contributed by atoms with Crippen molar-refractivity contribution in [3.05, 3.63) is 47.5 Å². The summed E-state index contributed by atoms with van der Waals surface area (Å²) in [5.41, 5.74) is 1.71. The monoisotopic (exact) mass is 347 g/mol. The summed E-state index contributed by atoms with van der Waals surface area (Å²) < 4.78 is 21.1. The fourth-order valence-electron chi connectivity index (χ4n) is 2.55. The second kappa shape index (κ2) is 9.15. The molecule has 0 saturated carbocycles. The van der Waals surface area contributed by atoms with Crippen LogP contribution in [0, 0.1) is 0 Å². The molecule has 0 spiro atoms. The van der Waals surface area contributed by atoms with Gasteiger partial charge in [-0.3, -0.25) is 0 Å². The van der Waals surface area contributed by atoms with Gasteiger partial charge in [-0.2, -0.15) is 0 Å². The Morgan fingerprint density at radius 3 is 2.16 bits per heavy atom. The van der Waals surface area contributed by atoms with Gasteiger partial charge in [0.1, 0.15) is 11.5 Å². The number of benzene rings is 2. The summed E-state index contributed by atoms with van der Waals surface area (Å²) in [4.78, 5) is 0. The number of hydrogen-bond donors (Lipinski definition) is 2. The van der Waals surface area contributed by atoms with E-state index in [-0.39, 0.29) is 0 Å². The molecule has 1 atom stereocenters. The molecule has 0 fully saturated rings. The first-order valence-electron chi connectivity index (χ1n) is 7.94. The standard InChI is InChI=1S/C19H25NO5/c1-22-14-6-8-17(23-2)15(10-14)16(21)12-20-11-13-5-7-18(24-3)19(9-13)25-4/h5-10,16,20-21H,11-12H2,1-4H3/t16-/m0/s1. The largest absolute Gasteiger partial charge is 0.497 e. The van der Waals surface area contributed by atoms with Crippen LogP contribution in [0.1, 0.15) is 17.2 Å². The SMILES string of the molecule is COc1ccc(OC)c([C@@H](O)CNCc2ccc(OC)c(OC)c2)c1. The summed E-state index contributed by atoms with van der Waals surface area (Å²) in [6.45, 7) is 0.960. The lowest BCUT2D eigenvalue weighted by atomic mass is 10.1. The van der Waals surface area contributed by atoms with E-state index >= 15 is 0 Å². The van der Waals surface area contributed by atoms with E-state index in [2.05, 4.69) is 5.32 Å². The Balaban J connectivity index is 2.00. The quantitative estimate of drug-likeness (QED) is 0.727. The van der Waals surface area contributed by atoms with Crippen LogP contribution in [-0.2, 0) is 6.54 Å². The average molecular weight is 347 g/mol. The lowest BCUT2D eigenvalue weighted by molar-refractivity contribution is 0.169. The summed E-state index contributed by atoms with van der Waals surface area (Å²) in [5, 5.41) is 13.7. The topological polar surface area (TPSA) is 69.2 Å². The van der Waals surface area contributed by atoms with Crippen molar-refractivity contribution in [1.82, 2.24) is 5.32 Å². The molecule has 0 aliphatic carbocycles. The van der Waals surface area contributed by atoms with Crippen molar-refractivity contribution in [2.45, 2.75) is 12.6 Å². The number of rotatable bonds is 9. The maximum atomic E-state index is 10.5. The highest BCUT2D eigenvalue weighted by molar-refractivity contribution is 5.43. The molecule has 0 saturated heterocycles. The van der Waals surface area contributed by atoms with Crippen LogP contribution in [0.5, 0.6) is 23.0 Å². The van der Waals surface area contributed by atoms with Gasteiger partial charge in [0.2, 0.25) is 0 Å². The molecule has 2 aromatic rings. The van der Waals surface area contributed by atoms with Crippen LogP contribution in [0.4, 0.5) is 0 Å². The molecule has 0 aliphatic heterocycles. The van der Waals surface area contributed by atoms with Crippen molar-refractivity contribution in [2.75, 3.05) is 35.0 Å². The molecule has 6 heteroatoms. The molecule has 136 valence electrons. The van der Waals surface area contributed by atoms with Crippen LogP contribution in [0.15, 0.2) is 36.4 Å². The molecule has 25 heavy (non-hydrogen) atoms. The molecule has 0 radical (unpaired) electrons. The molecule has 2 N–H and O–H groups in total. The van der Waals surface area contributed by atoms with Gasteiger partial charge in [0.15, 0.2) is 11.5 Å². The van der Waals surface area contributed by atoms with Crippen LogP contribution < -0.4 is 24.3 Å². The van der Waals surface area contributed by atoms with E-state index < -0.39 is 6.10 Å². The molecule has 2 aromatic carbocycles. The Bertz CT molecular complexity index is 690. The van der Waals surface area contributed by atoms with Gasteiger partial charge in [0.25, 0.3) is 0 Å². The van der Waals surface area contributed by atoms with Crippen molar-refractivity contribution < 1.29 is 24.1 Å². The van der Waals surface area contributed by atoms with E-state index in [1.807, 2.05) is 18.2 Å². The third-order valence-electron chi connectivity index (χ3n) is 3.91. The third kappa shape index (κ3) is 4.78. The molecule has 0 unspecified atom stereocenters. The zero-order valence-electron chi connectivity index (χ0n) is 15.0. The number of hydrogen-bond acceptors (Lipinski definition) is 6. The Kier molecular flexibility index (Phi) is 6.91. The van der Waals surface area contributed by atoms with Gasteiger partial charge in [-0.1, -0.05) is 6.07 Å². The lowest BCUT2D eigenvalue weighted by Gasteiger charge is -2.17. The first-order valence-corrected chi connectivity index (χ1v) is 7.94. The second-order valence-electron chi connectivity index (χ2n) is 5.44. The zero-order chi connectivity index (χ0) is 18.2. The maximum absolute atomic E-state index is 10.5. The molecule has 2 rings (SSSR count). The van der Waals surface area contributed by atoms with E-state index in [4.69, 9.17) is 18.9 Å². The van der Waals surface area contributed by atoms with E-state index in [1.165, 1.54) is 0 Å². The van der Waals surface area contributed by atoms with Gasteiger partial charge in [0.05, 0.1) is 34.5 Å². The molecule has 0 bridgehead atoms. The second-order valence-corrected chi connectivity index (χ2v) is 5.44. The van der Waals surface area contributed by atoms with Gasteiger partial charge in [-0.25, -0.2) is 0 Å². The highest BCUT2D eigenvalue weighted by Crippen LogP contribution is 2.30. The fraction of sp³-hybridized carbons (Fsp3) is 0.368. The van der Waals surface area contributed by atoms with Crippen molar-refractivity contribution >= 4 is 0 Å². The summed E-state index contributed by atoms with van der Waals surface area (Å²) in [7, 11) is 6.38. The molecule has 0 amide bonds. The fourth-order valence-corrected chi connectivity index (χ4v) is 2.55. The van der Waals surface area contributed by atoms with E-state index in [1.54, 1.807) is 46.6 Å². The Hall–Kier alpha value is -2.44. The average Bonchev–Trinajstić information content (AvgIpc) is 2.67. The molecular formula is C19H25NO5. The highest BCUT2D eigenvalue weighted by Gasteiger charge is 2.14. The molecule has 0 aliphatic rings. The summed E-state index contributed by atoms with van der Waals surface area (Å²) in [5.74, 6) is 2.67. The molecule has 0 heterocycles. The van der Waals surface area contributed by atoms with Gasteiger partial charge >= 0.3 is 0 Å². The third-order valence-corrected chi connectivity index (χ3v) is 3.91. The number of methoxy groups -OCH3 is 4. The van der Waals surface area contributed by atoms with E-state index in [0.29, 0.717) is 41.7 Å². The molecular weight excluding hydrogens is 322 g/mol. The number of nitrogens with one attached hydrogen (secondary N) is 1.